The third-order valence-corrected chi connectivity index (χ3v) is 3.07. The van der Waals surface area contributed by atoms with Crippen LogP contribution in [0.4, 0.5) is 0 Å². The molecule has 1 atom stereocenters. The third kappa shape index (κ3) is 2.64. The van der Waals surface area contributed by atoms with Gasteiger partial charge in [0.05, 0.1) is 13.2 Å². The fraction of sp³-hybridized carbons (Fsp3) is 0.667. The Morgan fingerprint density at radius 1 is 1.50 bits per heavy atom. The maximum absolute atomic E-state index is 9.21. The third-order valence-electron chi connectivity index (χ3n) is 3.07. The van der Waals surface area contributed by atoms with E-state index in [0.29, 0.717) is 12.6 Å². The van der Waals surface area contributed by atoms with Crippen LogP contribution < -0.4 is 0 Å². The van der Waals surface area contributed by atoms with Crippen molar-refractivity contribution in [3.8, 4) is 0 Å². The molecule has 1 aliphatic heterocycles. The highest BCUT2D eigenvalue weighted by atomic mass is 16.5. The number of nitrogens with zero attached hydrogens (tertiary/aromatic N) is 1. The Bertz CT molecular complexity index is 324. The molecule has 16 heavy (non-hydrogen) atoms. The van der Waals surface area contributed by atoms with E-state index < -0.39 is 0 Å². The van der Waals surface area contributed by atoms with Gasteiger partial charge in [0, 0.05) is 13.2 Å². The standard InChI is InChI=1S/C12H19NO3/c1-15-9-12-5-4-11(16-12)7-13-6-2-3-10(13)8-14/h4-5,10,14H,2-3,6-9H2,1H3/t10-/m0/s1. The lowest BCUT2D eigenvalue weighted by atomic mass is 10.2. The molecular formula is C12H19NO3. The molecule has 4 nitrogen and oxygen atoms in total. The van der Waals surface area contributed by atoms with Gasteiger partial charge in [-0.1, -0.05) is 0 Å². The maximum atomic E-state index is 9.21. The molecule has 0 aromatic carbocycles. The first-order valence-electron chi connectivity index (χ1n) is 5.75. The Morgan fingerprint density at radius 2 is 2.31 bits per heavy atom. The maximum Gasteiger partial charge on any atom is 0.129 e. The Balaban J connectivity index is 1.92. The van der Waals surface area contributed by atoms with Crippen LogP contribution in [0.2, 0.25) is 0 Å². The van der Waals surface area contributed by atoms with Gasteiger partial charge in [-0.15, -0.1) is 0 Å². The molecule has 1 fully saturated rings. The van der Waals surface area contributed by atoms with E-state index in [1.165, 1.54) is 0 Å². The van der Waals surface area contributed by atoms with Crippen molar-refractivity contribution in [2.45, 2.75) is 32.0 Å². The lowest BCUT2D eigenvalue weighted by Gasteiger charge is -2.21. The van der Waals surface area contributed by atoms with E-state index in [9.17, 15) is 5.11 Å². The summed E-state index contributed by atoms with van der Waals surface area (Å²) in [7, 11) is 1.66. The summed E-state index contributed by atoms with van der Waals surface area (Å²) in [5.74, 6) is 1.81. The number of hydrogen-bond donors (Lipinski definition) is 1. The van der Waals surface area contributed by atoms with Gasteiger partial charge in [-0.3, -0.25) is 4.90 Å². The zero-order valence-electron chi connectivity index (χ0n) is 9.69. The molecule has 2 rings (SSSR count). The van der Waals surface area contributed by atoms with Crippen LogP contribution in [-0.2, 0) is 17.9 Å². The normalized spacial score (nSPS) is 21.8. The first-order valence-corrected chi connectivity index (χ1v) is 5.75. The highest BCUT2D eigenvalue weighted by molar-refractivity contribution is 5.07. The van der Waals surface area contributed by atoms with Crippen LogP contribution in [0.1, 0.15) is 24.4 Å². The number of ether oxygens (including phenoxy) is 1. The summed E-state index contributed by atoms with van der Waals surface area (Å²) in [6.07, 6.45) is 2.25. The van der Waals surface area contributed by atoms with Crippen molar-refractivity contribution in [2.24, 2.45) is 0 Å². The largest absolute Gasteiger partial charge is 0.462 e. The van der Waals surface area contributed by atoms with Crippen LogP contribution in [0.3, 0.4) is 0 Å². The van der Waals surface area contributed by atoms with E-state index in [1.54, 1.807) is 7.11 Å². The van der Waals surface area contributed by atoms with Crippen molar-refractivity contribution in [1.29, 1.82) is 0 Å². The number of hydrogen-bond acceptors (Lipinski definition) is 4. The van der Waals surface area contributed by atoms with Gasteiger partial charge >= 0.3 is 0 Å². The first kappa shape index (κ1) is 11.6. The molecule has 0 spiro atoms. The fourth-order valence-electron chi connectivity index (χ4n) is 2.24. The minimum Gasteiger partial charge on any atom is -0.462 e. The predicted molar refractivity (Wildman–Crippen MR) is 59.9 cm³/mol. The molecule has 1 aliphatic rings. The molecule has 0 saturated carbocycles. The molecule has 0 radical (unpaired) electrons. The second kappa shape index (κ2) is 5.48. The van der Waals surface area contributed by atoms with Crippen LogP contribution in [0.15, 0.2) is 16.5 Å². The molecule has 4 heteroatoms. The number of likely N-dealkylation sites (tertiary alicyclic amines) is 1. The van der Waals surface area contributed by atoms with Gasteiger partial charge in [0.2, 0.25) is 0 Å². The summed E-state index contributed by atoms with van der Waals surface area (Å²) < 4.78 is 10.6. The molecule has 0 unspecified atom stereocenters. The topological polar surface area (TPSA) is 45.8 Å². The zero-order valence-corrected chi connectivity index (χ0v) is 9.69. The Hall–Kier alpha value is -0.840. The monoisotopic (exact) mass is 225 g/mol. The minimum atomic E-state index is 0.242. The fourth-order valence-corrected chi connectivity index (χ4v) is 2.24. The van der Waals surface area contributed by atoms with Crippen molar-refractivity contribution in [3.63, 3.8) is 0 Å². The molecule has 1 aromatic rings. The molecular weight excluding hydrogens is 206 g/mol. The van der Waals surface area contributed by atoms with Crippen molar-refractivity contribution < 1.29 is 14.3 Å². The summed E-state index contributed by atoms with van der Waals surface area (Å²) >= 11 is 0. The van der Waals surface area contributed by atoms with Gasteiger partial charge < -0.3 is 14.3 Å². The highest BCUT2D eigenvalue weighted by Gasteiger charge is 2.24. The number of methoxy groups -OCH3 is 1. The van der Waals surface area contributed by atoms with Crippen LogP contribution in [0.25, 0.3) is 0 Å². The van der Waals surface area contributed by atoms with Gasteiger partial charge in [-0.2, -0.15) is 0 Å². The van der Waals surface area contributed by atoms with Gasteiger partial charge in [0.15, 0.2) is 0 Å². The summed E-state index contributed by atoms with van der Waals surface area (Å²) in [5.41, 5.74) is 0. The van der Waals surface area contributed by atoms with E-state index in [0.717, 1.165) is 37.5 Å². The van der Waals surface area contributed by atoms with E-state index >= 15 is 0 Å². The molecule has 1 aromatic heterocycles. The van der Waals surface area contributed by atoms with Crippen LogP contribution in [0.5, 0.6) is 0 Å². The van der Waals surface area contributed by atoms with Crippen molar-refractivity contribution in [2.75, 3.05) is 20.3 Å². The Kier molecular flexibility index (Phi) is 3.98. The SMILES string of the molecule is COCc1ccc(CN2CCC[C@H]2CO)o1. The quantitative estimate of drug-likeness (QED) is 0.822. The average Bonchev–Trinajstić information content (AvgIpc) is 2.89. The van der Waals surface area contributed by atoms with Gasteiger partial charge in [0.1, 0.15) is 18.1 Å². The molecule has 90 valence electrons. The van der Waals surface area contributed by atoms with Crippen LogP contribution >= 0.6 is 0 Å². The van der Waals surface area contributed by atoms with E-state index in [-0.39, 0.29) is 6.61 Å². The predicted octanol–water partition coefficient (Wildman–Crippen LogP) is 1.38. The van der Waals surface area contributed by atoms with Crippen molar-refractivity contribution in [1.82, 2.24) is 4.90 Å². The Morgan fingerprint density at radius 3 is 3.06 bits per heavy atom. The lowest BCUT2D eigenvalue weighted by Crippen LogP contribution is -2.31. The van der Waals surface area contributed by atoms with Gasteiger partial charge in [-0.25, -0.2) is 0 Å². The summed E-state index contributed by atoms with van der Waals surface area (Å²) in [6.45, 7) is 2.59. The number of aliphatic hydroxyl groups excluding tert-OH is 1. The van der Waals surface area contributed by atoms with E-state index in [4.69, 9.17) is 9.15 Å². The Labute approximate surface area is 95.8 Å². The molecule has 2 heterocycles. The highest BCUT2D eigenvalue weighted by Crippen LogP contribution is 2.20. The van der Waals surface area contributed by atoms with E-state index in [2.05, 4.69) is 4.90 Å². The smallest absolute Gasteiger partial charge is 0.129 e. The van der Waals surface area contributed by atoms with Crippen LogP contribution in [0, 0.1) is 0 Å². The molecule has 0 amide bonds. The zero-order chi connectivity index (χ0) is 11.4. The second-order valence-corrected chi connectivity index (χ2v) is 4.25. The van der Waals surface area contributed by atoms with Crippen molar-refractivity contribution in [3.05, 3.63) is 23.7 Å². The summed E-state index contributed by atoms with van der Waals surface area (Å²) in [4.78, 5) is 2.27. The summed E-state index contributed by atoms with van der Waals surface area (Å²) in [5, 5.41) is 9.21. The number of aliphatic hydroxyl groups is 1. The summed E-state index contributed by atoms with van der Waals surface area (Å²) in [6, 6.07) is 4.24. The molecule has 1 saturated heterocycles. The van der Waals surface area contributed by atoms with Gasteiger partial charge in [0.25, 0.3) is 0 Å². The molecule has 1 N–H and O–H groups in total. The van der Waals surface area contributed by atoms with Crippen molar-refractivity contribution >= 4 is 0 Å². The average molecular weight is 225 g/mol. The minimum absolute atomic E-state index is 0.242. The molecule has 0 aliphatic carbocycles. The molecule has 0 bridgehead atoms. The van der Waals surface area contributed by atoms with Gasteiger partial charge in [-0.05, 0) is 31.5 Å². The number of rotatable bonds is 5. The van der Waals surface area contributed by atoms with Crippen LogP contribution in [-0.4, -0.2) is 36.3 Å². The lowest BCUT2D eigenvalue weighted by molar-refractivity contribution is 0.138. The first-order chi connectivity index (χ1) is 7.83. The second-order valence-electron chi connectivity index (χ2n) is 4.25. The number of furan rings is 1. The van der Waals surface area contributed by atoms with E-state index in [1.807, 2.05) is 12.1 Å².